The number of nitro groups is 1. The number of hydrogen-bond acceptors (Lipinski definition) is 5. The molecule has 2 N–H and O–H groups in total. The van der Waals surface area contributed by atoms with E-state index in [2.05, 4.69) is 12.1 Å². The summed E-state index contributed by atoms with van der Waals surface area (Å²) in [6.07, 6.45) is 0.843. The Labute approximate surface area is 153 Å². The predicted molar refractivity (Wildman–Crippen MR) is 102 cm³/mol. The van der Waals surface area contributed by atoms with E-state index in [4.69, 9.17) is 5.73 Å². The normalized spacial score (nSPS) is 10.7. The summed E-state index contributed by atoms with van der Waals surface area (Å²) in [5, 5.41) is 10.7. The molecule has 7 heteroatoms. The van der Waals surface area contributed by atoms with Crippen LogP contribution in [0.2, 0.25) is 0 Å². The van der Waals surface area contributed by atoms with Crippen LogP contribution in [-0.4, -0.2) is 49.0 Å². The summed E-state index contributed by atoms with van der Waals surface area (Å²) in [5.41, 5.74) is 7.51. The van der Waals surface area contributed by atoms with Gasteiger partial charge >= 0.3 is 0 Å². The Hall–Kier alpha value is -2.77. The van der Waals surface area contributed by atoms with E-state index in [1.807, 2.05) is 23.1 Å². The van der Waals surface area contributed by atoms with Crippen LogP contribution in [0.1, 0.15) is 5.56 Å². The molecule has 0 spiro atoms. The lowest BCUT2D eigenvalue weighted by atomic mass is 10.1. The fourth-order valence-corrected chi connectivity index (χ4v) is 2.62. The summed E-state index contributed by atoms with van der Waals surface area (Å²) in [6, 6.07) is 16.0. The van der Waals surface area contributed by atoms with Crippen molar-refractivity contribution in [3.05, 3.63) is 70.3 Å². The molecule has 2 aromatic rings. The Bertz CT molecular complexity index is 719. The van der Waals surface area contributed by atoms with Crippen LogP contribution in [0.25, 0.3) is 0 Å². The van der Waals surface area contributed by atoms with Crippen molar-refractivity contribution < 1.29 is 9.72 Å². The summed E-state index contributed by atoms with van der Waals surface area (Å²) in [5.74, 6) is -0.0830. The second-order valence-electron chi connectivity index (χ2n) is 6.03. The summed E-state index contributed by atoms with van der Waals surface area (Å²) >= 11 is 0. The molecule has 7 nitrogen and oxygen atoms in total. The lowest BCUT2D eigenvalue weighted by molar-refractivity contribution is -0.384. The van der Waals surface area contributed by atoms with E-state index in [1.54, 1.807) is 19.2 Å². The number of nitrogens with two attached hydrogens (primary N) is 1. The third kappa shape index (κ3) is 5.65. The second-order valence-corrected chi connectivity index (χ2v) is 6.03. The number of nitro benzene ring substituents is 1. The van der Waals surface area contributed by atoms with Crippen molar-refractivity contribution in [1.29, 1.82) is 0 Å². The van der Waals surface area contributed by atoms with Crippen molar-refractivity contribution in [3.8, 4) is 0 Å². The third-order valence-electron chi connectivity index (χ3n) is 4.19. The van der Waals surface area contributed by atoms with Gasteiger partial charge in [0.15, 0.2) is 0 Å². The average molecular weight is 356 g/mol. The minimum absolute atomic E-state index is 0.00205. The number of nitrogens with zero attached hydrogens (tertiary/aromatic N) is 3. The number of carbonyl (C=O) groups is 1. The lowest BCUT2D eigenvalue weighted by Gasteiger charge is -2.24. The van der Waals surface area contributed by atoms with E-state index < -0.39 is 4.92 Å². The van der Waals surface area contributed by atoms with Gasteiger partial charge in [-0.15, -0.1) is 0 Å². The molecule has 2 aromatic carbocycles. The highest BCUT2D eigenvalue weighted by Gasteiger charge is 2.16. The molecule has 0 bridgehead atoms. The Morgan fingerprint density at radius 2 is 1.73 bits per heavy atom. The van der Waals surface area contributed by atoms with Gasteiger partial charge in [0, 0.05) is 44.5 Å². The van der Waals surface area contributed by atoms with E-state index in [1.165, 1.54) is 22.6 Å². The Kier molecular flexibility index (Phi) is 7.25. The van der Waals surface area contributed by atoms with E-state index in [-0.39, 0.29) is 18.1 Å². The highest BCUT2D eigenvalue weighted by atomic mass is 16.6. The van der Waals surface area contributed by atoms with Crippen LogP contribution >= 0.6 is 0 Å². The van der Waals surface area contributed by atoms with Gasteiger partial charge < -0.3 is 10.6 Å². The van der Waals surface area contributed by atoms with Gasteiger partial charge in [0.05, 0.1) is 11.5 Å². The second kappa shape index (κ2) is 9.65. The van der Waals surface area contributed by atoms with Crippen LogP contribution in [0.5, 0.6) is 0 Å². The smallest absolute Gasteiger partial charge is 0.269 e. The Morgan fingerprint density at radius 3 is 2.31 bits per heavy atom. The largest absolute Gasteiger partial charge is 0.329 e. The zero-order valence-electron chi connectivity index (χ0n) is 14.9. The van der Waals surface area contributed by atoms with E-state index >= 15 is 0 Å². The first kappa shape index (κ1) is 19.6. The van der Waals surface area contributed by atoms with Crippen molar-refractivity contribution in [1.82, 2.24) is 4.90 Å². The molecule has 0 radical (unpaired) electrons. The molecule has 1 amide bonds. The van der Waals surface area contributed by atoms with Crippen molar-refractivity contribution in [2.45, 2.75) is 6.42 Å². The first-order chi connectivity index (χ1) is 12.5. The monoisotopic (exact) mass is 356 g/mol. The first-order valence-corrected chi connectivity index (χ1v) is 8.48. The zero-order valence-corrected chi connectivity index (χ0v) is 14.9. The van der Waals surface area contributed by atoms with E-state index in [0.29, 0.717) is 18.8 Å². The SMILES string of the molecule is CN(C(=O)CN(CCN)CCc1ccccc1)c1ccc([N+](=O)[O-])cc1. The lowest BCUT2D eigenvalue weighted by Crippen LogP contribution is -2.41. The van der Waals surface area contributed by atoms with Gasteiger partial charge in [-0.25, -0.2) is 0 Å². The van der Waals surface area contributed by atoms with Crippen molar-refractivity contribution in [2.75, 3.05) is 38.1 Å². The molecule has 26 heavy (non-hydrogen) atoms. The maximum Gasteiger partial charge on any atom is 0.269 e. The fourth-order valence-electron chi connectivity index (χ4n) is 2.62. The molecule has 0 aliphatic heterocycles. The highest BCUT2D eigenvalue weighted by Crippen LogP contribution is 2.18. The summed E-state index contributed by atoms with van der Waals surface area (Å²) in [7, 11) is 1.67. The number of anilines is 1. The van der Waals surface area contributed by atoms with Gasteiger partial charge in [-0.1, -0.05) is 30.3 Å². The topological polar surface area (TPSA) is 92.7 Å². The molecule has 0 aromatic heterocycles. The maximum atomic E-state index is 12.6. The van der Waals surface area contributed by atoms with Gasteiger partial charge in [-0.05, 0) is 24.1 Å². The molecular formula is C19H24N4O3. The summed E-state index contributed by atoms with van der Waals surface area (Å²) < 4.78 is 0. The van der Waals surface area contributed by atoms with Gasteiger partial charge in [0.1, 0.15) is 0 Å². The number of hydrogen-bond donors (Lipinski definition) is 1. The van der Waals surface area contributed by atoms with Crippen LogP contribution in [0.4, 0.5) is 11.4 Å². The molecule has 0 saturated carbocycles. The first-order valence-electron chi connectivity index (χ1n) is 8.48. The number of amides is 1. The van der Waals surface area contributed by atoms with Gasteiger partial charge in [-0.3, -0.25) is 19.8 Å². The van der Waals surface area contributed by atoms with Crippen molar-refractivity contribution in [2.24, 2.45) is 5.73 Å². The molecule has 0 aliphatic rings. The molecule has 0 heterocycles. The van der Waals surface area contributed by atoms with Gasteiger partial charge in [0.25, 0.3) is 5.69 Å². The van der Waals surface area contributed by atoms with Crippen LogP contribution in [0.15, 0.2) is 54.6 Å². The fraction of sp³-hybridized carbons (Fsp3) is 0.316. The Balaban J connectivity index is 1.95. The number of rotatable bonds is 9. The minimum Gasteiger partial charge on any atom is -0.329 e. The predicted octanol–water partition coefficient (Wildman–Crippen LogP) is 2.06. The van der Waals surface area contributed by atoms with Crippen LogP contribution in [0.3, 0.4) is 0 Å². The van der Waals surface area contributed by atoms with E-state index in [9.17, 15) is 14.9 Å². The molecular weight excluding hydrogens is 332 g/mol. The average Bonchev–Trinajstić information content (AvgIpc) is 2.66. The minimum atomic E-state index is -0.460. The van der Waals surface area contributed by atoms with Crippen LogP contribution in [0, 0.1) is 10.1 Å². The molecule has 0 atom stereocenters. The van der Waals surface area contributed by atoms with Crippen molar-refractivity contribution >= 4 is 17.3 Å². The molecule has 0 aliphatic carbocycles. The van der Waals surface area contributed by atoms with Gasteiger partial charge in [-0.2, -0.15) is 0 Å². The van der Waals surface area contributed by atoms with Gasteiger partial charge in [0.2, 0.25) is 5.91 Å². The maximum absolute atomic E-state index is 12.6. The number of benzene rings is 2. The molecule has 2 rings (SSSR count). The molecule has 0 saturated heterocycles. The zero-order chi connectivity index (χ0) is 18.9. The van der Waals surface area contributed by atoms with Crippen LogP contribution in [-0.2, 0) is 11.2 Å². The molecule has 138 valence electrons. The third-order valence-corrected chi connectivity index (χ3v) is 4.19. The van der Waals surface area contributed by atoms with E-state index in [0.717, 1.165) is 13.0 Å². The molecule has 0 fully saturated rings. The summed E-state index contributed by atoms with van der Waals surface area (Å²) in [4.78, 5) is 26.4. The Morgan fingerprint density at radius 1 is 1.08 bits per heavy atom. The number of non-ortho nitro benzene ring substituents is 1. The standard InChI is InChI=1S/C19H24N4O3/c1-21(17-7-9-18(10-8-17)23(25)26)19(24)15-22(14-12-20)13-11-16-5-3-2-4-6-16/h2-10H,11-15,20H2,1H3. The quantitative estimate of drug-likeness (QED) is 0.548. The highest BCUT2D eigenvalue weighted by molar-refractivity contribution is 5.94. The summed E-state index contributed by atoms with van der Waals surface area (Å²) in [6.45, 7) is 2.09. The number of carbonyl (C=O) groups excluding carboxylic acids is 1. The molecule has 0 unspecified atom stereocenters. The van der Waals surface area contributed by atoms with Crippen molar-refractivity contribution in [3.63, 3.8) is 0 Å². The number of likely N-dealkylation sites (N-methyl/N-ethyl adjacent to an activating group) is 1. The van der Waals surface area contributed by atoms with Crippen LogP contribution < -0.4 is 10.6 Å².